The summed E-state index contributed by atoms with van der Waals surface area (Å²) in [5, 5.41) is 21.0. The molecule has 4 bridgehead atoms. The highest BCUT2D eigenvalue weighted by atomic mass is 16.3. The molecule has 0 spiro atoms. The monoisotopic (exact) mass is 192 g/mol. The van der Waals surface area contributed by atoms with Crippen LogP contribution in [-0.4, -0.2) is 21.4 Å². The molecule has 2 heteroatoms. The van der Waals surface area contributed by atoms with Gasteiger partial charge in [0.2, 0.25) is 0 Å². The third-order valence-corrected chi connectivity index (χ3v) is 6.91. The summed E-state index contributed by atoms with van der Waals surface area (Å²) < 4.78 is 0. The van der Waals surface area contributed by atoms with Gasteiger partial charge < -0.3 is 10.2 Å². The molecule has 0 aromatic rings. The first-order chi connectivity index (χ1) is 6.49. The van der Waals surface area contributed by atoms with E-state index in [1.165, 1.54) is 0 Å². The lowest BCUT2D eigenvalue weighted by Crippen LogP contribution is -2.62. The van der Waals surface area contributed by atoms with Crippen LogP contribution in [0.1, 0.15) is 13.8 Å². The maximum Gasteiger partial charge on any atom is 0.0688 e. The second-order valence-electron chi connectivity index (χ2n) is 6.86. The molecule has 0 heterocycles. The summed E-state index contributed by atoms with van der Waals surface area (Å²) in [5.41, 5.74) is -0.868. The average Bonchev–Trinajstić information content (AvgIpc) is 2.40. The molecule has 0 radical (unpaired) electrons. The molecule has 6 saturated carbocycles. The first-order valence-electron chi connectivity index (χ1n) is 5.94. The highest BCUT2D eigenvalue weighted by Crippen LogP contribution is 2.92. The Labute approximate surface area is 83.3 Å². The number of rotatable bonds is 0. The molecule has 6 aliphatic rings. The van der Waals surface area contributed by atoms with Crippen molar-refractivity contribution in [3.05, 3.63) is 0 Å². The molecule has 14 heavy (non-hydrogen) atoms. The van der Waals surface area contributed by atoms with E-state index < -0.39 is 11.2 Å². The average molecular weight is 192 g/mol. The zero-order valence-corrected chi connectivity index (χ0v) is 8.51. The lowest BCUT2D eigenvalue weighted by atomic mass is 9.40. The van der Waals surface area contributed by atoms with Gasteiger partial charge in [0.25, 0.3) is 0 Å². The van der Waals surface area contributed by atoms with Gasteiger partial charge in [-0.2, -0.15) is 0 Å². The van der Waals surface area contributed by atoms with Crippen LogP contribution in [0.15, 0.2) is 0 Å². The largest absolute Gasteiger partial charge is 0.390 e. The van der Waals surface area contributed by atoms with Gasteiger partial charge in [-0.3, -0.25) is 0 Å². The molecule has 76 valence electrons. The fourth-order valence-corrected chi connectivity index (χ4v) is 7.09. The summed E-state index contributed by atoms with van der Waals surface area (Å²) in [6.07, 6.45) is 0. The van der Waals surface area contributed by atoms with E-state index in [0.29, 0.717) is 35.5 Å². The highest BCUT2D eigenvalue weighted by molar-refractivity contribution is 5.41. The Morgan fingerprint density at radius 1 is 0.643 bits per heavy atom. The molecule has 6 fully saturated rings. The molecular formula is C12H16O2. The van der Waals surface area contributed by atoms with E-state index in [1.807, 2.05) is 13.8 Å². The van der Waals surface area contributed by atoms with Crippen LogP contribution in [-0.2, 0) is 0 Å². The molecule has 0 saturated heterocycles. The number of hydrogen-bond acceptors (Lipinski definition) is 2. The van der Waals surface area contributed by atoms with E-state index in [9.17, 15) is 10.2 Å². The minimum Gasteiger partial charge on any atom is -0.390 e. The molecule has 0 unspecified atom stereocenters. The van der Waals surface area contributed by atoms with Gasteiger partial charge in [0.05, 0.1) is 11.2 Å². The second kappa shape index (κ2) is 1.42. The zero-order valence-electron chi connectivity index (χ0n) is 8.51. The fourth-order valence-electron chi connectivity index (χ4n) is 7.09. The molecule has 2 N–H and O–H groups in total. The van der Waals surface area contributed by atoms with Crippen LogP contribution in [0, 0.1) is 47.3 Å². The van der Waals surface area contributed by atoms with Gasteiger partial charge in [-0.05, 0) is 61.2 Å². The normalized spacial score (nSPS) is 90.0. The summed E-state index contributed by atoms with van der Waals surface area (Å²) in [7, 11) is 0. The molecule has 6 rings (SSSR count). The maximum atomic E-state index is 10.5. The minimum absolute atomic E-state index is 0.434. The smallest absolute Gasteiger partial charge is 0.0688 e. The Bertz CT molecular complexity index is 337. The summed E-state index contributed by atoms with van der Waals surface area (Å²) in [4.78, 5) is 0. The van der Waals surface area contributed by atoms with Crippen molar-refractivity contribution in [2.45, 2.75) is 25.0 Å². The molecule has 6 aliphatic carbocycles. The minimum atomic E-state index is -0.434. The fraction of sp³-hybridized carbons (Fsp3) is 1.00. The van der Waals surface area contributed by atoms with Crippen molar-refractivity contribution < 1.29 is 10.2 Å². The van der Waals surface area contributed by atoms with Crippen molar-refractivity contribution in [1.82, 2.24) is 0 Å². The van der Waals surface area contributed by atoms with E-state index in [4.69, 9.17) is 0 Å². The molecule has 0 aromatic heterocycles. The van der Waals surface area contributed by atoms with E-state index in [-0.39, 0.29) is 0 Å². The quantitative estimate of drug-likeness (QED) is 0.586. The zero-order chi connectivity index (χ0) is 9.62. The van der Waals surface area contributed by atoms with E-state index in [2.05, 4.69) is 0 Å². The van der Waals surface area contributed by atoms with Gasteiger partial charge in [0, 0.05) is 0 Å². The van der Waals surface area contributed by atoms with E-state index in [0.717, 1.165) is 11.8 Å². The second-order valence-corrected chi connectivity index (χ2v) is 6.86. The molecule has 2 nitrogen and oxygen atoms in total. The van der Waals surface area contributed by atoms with Crippen molar-refractivity contribution in [1.29, 1.82) is 0 Å². The van der Waals surface area contributed by atoms with Crippen molar-refractivity contribution in [3.63, 3.8) is 0 Å². The van der Waals surface area contributed by atoms with Crippen LogP contribution in [0.5, 0.6) is 0 Å². The Morgan fingerprint density at radius 3 is 1.29 bits per heavy atom. The summed E-state index contributed by atoms with van der Waals surface area (Å²) >= 11 is 0. The van der Waals surface area contributed by atoms with Crippen LogP contribution in [0.4, 0.5) is 0 Å². The predicted molar refractivity (Wildman–Crippen MR) is 49.2 cm³/mol. The van der Waals surface area contributed by atoms with Crippen molar-refractivity contribution in [3.8, 4) is 0 Å². The van der Waals surface area contributed by atoms with E-state index >= 15 is 0 Å². The van der Waals surface area contributed by atoms with Crippen molar-refractivity contribution in [2.75, 3.05) is 0 Å². The SMILES string of the molecule is C[C@]1(O)[C@H]2[C@@H]3[C@@H]4[C@@H]2[C@H]2[C@H]1[C@@H]3[C@H]4[C@]2(C)O. The van der Waals surface area contributed by atoms with Crippen molar-refractivity contribution >= 4 is 0 Å². The standard InChI is InChI=1S/C12H16O2/c1-11(13)7-3-4-5(7)10-9(11)6(3)8(4)12(10,2)14/h3-10,13-14H,1-2H3/t3-,4-,5+,6+,7+,8+,9-,10+,11+,12+/m1/s1. The van der Waals surface area contributed by atoms with Crippen LogP contribution in [0.2, 0.25) is 0 Å². The maximum absolute atomic E-state index is 10.5. The Kier molecular flexibility index (Phi) is 0.735. The predicted octanol–water partition coefficient (Wildman–Crippen LogP) is 0.486. The summed E-state index contributed by atoms with van der Waals surface area (Å²) in [6.45, 7) is 4.06. The lowest BCUT2D eigenvalue weighted by Gasteiger charge is -2.63. The Morgan fingerprint density at radius 2 is 1.00 bits per heavy atom. The van der Waals surface area contributed by atoms with Gasteiger partial charge in [-0.15, -0.1) is 0 Å². The first-order valence-corrected chi connectivity index (χ1v) is 5.94. The van der Waals surface area contributed by atoms with E-state index in [1.54, 1.807) is 0 Å². The van der Waals surface area contributed by atoms with Crippen LogP contribution < -0.4 is 0 Å². The molecule has 0 aromatic carbocycles. The summed E-state index contributed by atoms with van der Waals surface area (Å²) in [6, 6.07) is 0. The van der Waals surface area contributed by atoms with Gasteiger partial charge in [-0.25, -0.2) is 0 Å². The first kappa shape index (κ1) is 7.24. The van der Waals surface area contributed by atoms with Crippen LogP contribution in [0.3, 0.4) is 0 Å². The number of hydrogen-bond donors (Lipinski definition) is 2. The Hall–Kier alpha value is -0.0800. The van der Waals surface area contributed by atoms with Gasteiger partial charge in [-0.1, -0.05) is 0 Å². The van der Waals surface area contributed by atoms with Crippen molar-refractivity contribution in [2.24, 2.45) is 47.3 Å². The van der Waals surface area contributed by atoms with Gasteiger partial charge >= 0.3 is 0 Å². The topological polar surface area (TPSA) is 40.5 Å². The van der Waals surface area contributed by atoms with Gasteiger partial charge in [0.15, 0.2) is 0 Å². The molecule has 0 aliphatic heterocycles. The molecular weight excluding hydrogens is 176 g/mol. The highest BCUT2D eigenvalue weighted by Gasteiger charge is 2.94. The van der Waals surface area contributed by atoms with Crippen LogP contribution in [0.25, 0.3) is 0 Å². The third kappa shape index (κ3) is 0.348. The molecule has 0 amide bonds. The van der Waals surface area contributed by atoms with Crippen LogP contribution >= 0.6 is 0 Å². The lowest BCUT2D eigenvalue weighted by molar-refractivity contribution is -0.186. The number of aliphatic hydroxyl groups is 2. The third-order valence-electron chi connectivity index (χ3n) is 6.91. The summed E-state index contributed by atoms with van der Waals surface area (Å²) in [5.74, 6) is 4.95. The molecule has 10 atom stereocenters. The Balaban J connectivity index is 1.82. The van der Waals surface area contributed by atoms with Gasteiger partial charge in [0.1, 0.15) is 0 Å².